The lowest BCUT2D eigenvalue weighted by atomic mass is 10.1. The summed E-state index contributed by atoms with van der Waals surface area (Å²) in [5, 5.41) is 15.1. The average molecular weight is 436 g/mol. The molecule has 0 saturated carbocycles. The fraction of sp³-hybridized carbons (Fsp3) is 0.190. The third kappa shape index (κ3) is 4.58. The minimum Gasteiger partial charge on any atom is -0.340 e. The predicted octanol–water partition coefficient (Wildman–Crippen LogP) is 2.53. The minimum absolute atomic E-state index is 0.252. The summed E-state index contributed by atoms with van der Waals surface area (Å²) < 4.78 is 0. The van der Waals surface area contributed by atoms with E-state index in [1.807, 2.05) is 12.3 Å². The lowest BCUT2D eigenvalue weighted by molar-refractivity contribution is -0.117. The molecule has 0 radical (unpaired) electrons. The molecule has 3 amide bonds. The molecule has 4 rings (SSSR count). The molecule has 3 heterocycles. The van der Waals surface area contributed by atoms with E-state index in [1.54, 1.807) is 48.3 Å². The number of anilines is 2. The molecule has 1 aromatic carbocycles. The molecule has 10 heteroatoms. The monoisotopic (exact) mass is 436 g/mol. The van der Waals surface area contributed by atoms with Crippen LogP contribution in [-0.4, -0.2) is 51.0 Å². The van der Waals surface area contributed by atoms with Crippen LogP contribution in [0, 0.1) is 0 Å². The van der Waals surface area contributed by atoms with Crippen molar-refractivity contribution in [1.82, 2.24) is 20.5 Å². The maximum atomic E-state index is 12.6. The summed E-state index contributed by atoms with van der Waals surface area (Å²) in [5.74, 6) is -0.279. The van der Waals surface area contributed by atoms with E-state index in [0.29, 0.717) is 29.2 Å². The molecule has 0 saturated heterocycles. The van der Waals surface area contributed by atoms with E-state index in [9.17, 15) is 14.4 Å². The van der Waals surface area contributed by atoms with Crippen molar-refractivity contribution in [3.8, 4) is 11.4 Å². The van der Waals surface area contributed by atoms with Gasteiger partial charge in [-0.05, 0) is 54.8 Å². The molecule has 3 aromatic rings. The van der Waals surface area contributed by atoms with Gasteiger partial charge in [-0.2, -0.15) is 16.9 Å². The molecule has 2 aromatic heterocycles. The van der Waals surface area contributed by atoms with Gasteiger partial charge in [0.1, 0.15) is 17.4 Å². The summed E-state index contributed by atoms with van der Waals surface area (Å²) in [6.45, 7) is 0. The van der Waals surface area contributed by atoms with Crippen LogP contribution in [0.2, 0.25) is 0 Å². The van der Waals surface area contributed by atoms with Gasteiger partial charge in [0.25, 0.3) is 11.8 Å². The third-order valence-electron chi connectivity index (χ3n) is 4.76. The number of fused-ring (bicyclic) bond motifs is 1. The van der Waals surface area contributed by atoms with Gasteiger partial charge in [-0.1, -0.05) is 6.07 Å². The Bertz CT molecular complexity index is 1130. The first-order valence-corrected chi connectivity index (χ1v) is 11.0. The van der Waals surface area contributed by atoms with Crippen molar-refractivity contribution in [2.45, 2.75) is 12.5 Å². The molecular formula is C21H20N6O3S. The fourth-order valence-corrected chi connectivity index (χ4v) is 3.63. The number of aromatic nitrogens is 3. The van der Waals surface area contributed by atoms with Gasteiger partial charge in [-0.25, -0.2) is 0 Å². The second-order valence-corrected chi connectivity index (χ2v) is 7.88. The Hall–Kier alpha value is -3.66. The Morgan fingerprint density at radius 2 is 2.03 bits per heavy atom. The van der Waals surface area contributed by atoms with Gasteiger partial charge in [0.15, 0.2) is 0 Å². The number of carbonyl (C=O) groups is 3. The highest BCUT2D eigenvalue weighted by Crippen LogP contribution is 2.24. The van der Waals surface area contributed by atoms with Crippen molar-refractivity contribution in [2.24, 2.45) is 0 Å². The van der Waals surface area contributed by atoms with Crippen LogP contribution in [0.3, 0.4) is 0 Å². The van der Waals surface area contributed by atoms with E-state index in [4.69, 9.17) is 0 Å². The van der Waals surface area contributed by atoms with E-state index in [1.165, 1.54) is 6.07 Å². The van der Waals surface area contributed by atoms with Gasteiger partial charge in [0, 0.05) is 11.9 Å². The number of aromatic amines is 1. The number of thioether (sulfide) groups is 1. The predicted molar refractivity (Wildman–Crippen MR) is 119 cm³/mol. The molecule has 1 aliphatic rings. The molecule has 4 N–H and O–H groups in total. The van der Waals surface area contributed by atoms with Crippen LogP contribution >= 0.6 is 11.8 Å². The first-order valence-electron chi connectivity index (χ1n) is 9.58. The number of pyridine rings is 1. The third-order valence-corrected chi connectivity index (χ3v) is 5.41. The van der Waals surface area contributed by atoms with Crippen molar-refractivity contribution in [1.29, 1.82) is 0 Å². The summed E-state index contributed by atoms with van der Waals surface area (Å²) in [6, 6.07) is 11.2. The van der Waals surface area contributed by atoms with Crippen LogP contribution in [-0.2, 0) is 4.79 Å². The number of amides is 3. The summed E-state index contributed by atoms with van der Waals surface area (Å²) in [5.41, 5.74) is 2.57. The molecule has 0 fully saturated rings. The quantitative estimate of drug-likeness (QED) is 0.470. The Labute approximate surface area is 182 Å². The zero-order chi connectivity index (χ0) is 21.8. The molecule has 158 valence electrons. The smallest absolute Gasteiger partial charge is 0.273 e. The topological polar surface area (TPSA) is 129 Å². The first-order chi connectivity index (χ1) is 15.0. The van der Waals surface area contributed by atoms with Crippen molar-refractivity contribution in [2.75, 3.05) is 22.6 Å². The second kappa shape index (κ2) is 9.00. The fourth-order valence-electron chi connectivity index (χ4n) is 3.16. The number of hydrogen-bond donors (Lipinski definition) is 4. The number of hydrogen-bond acceptors (Lipinski definition) is 6. The summed E-state index contributed by atoms with van der Waals surface area (Å²) >= 11 is 1.61. The molecule has 1 atom stereocenters. The molecule has 0 spiro atoms. The van der Waals surface area contributed by atoms with Gasteiger partial charge in [-0.3, -0.25) is 24.5 Å². The first kappa shape index (κ1) is 20.6. The number of H-pyrrole nitrogens is 1. The number of rotatable bonds is 6. The standard InChI is InChI=1S/C21H20N6O3S/c1-31-9-7-16-20(29)24-14-6-5-12(10-13(14)19(28)25-16)23-21(30)18-11-17(26-27-18)15-4-2-3-8-22-15/h2-6,8,10-11,16H,7,9H2,1H3,(H,23,30)(H,24,29)(H,25,28)(H,26,27)/t16-/m0/s1. The lowest BCUT2D eigenvalue weighted by Crippen LogP contribution is -2.41. The highest BCUT2D eigenvalue weighted by atomic mass is 32.2. The van der Waals surface area contributed by atoms with Crippen molar-refractivity contribution >= 4 is 40.9 Å². The molecule has 0 bridgehead atoms. The summed E-state index contributed by atoms with van der Waals surface area (Å²) in [4.78, 5) is 41.9. The van der Waals surface area contributed by atoms with Crippen molar-refractivity contribution < 1.29 is 14.4 Å². The Morgan fingerprint density at radius 3 is 2.81 bits per heavy atom. The highest BCUT2D eigenvalue weighted by Gasteiger charge is 2.27. The van der Waals surface area contributed by atoms with E-state index in [0.717, 1.165) is 5.75 Å². The van der Waals surface area contributed by atoms with E-state index in [2.05, 4.69) is 31.1 Å². The van der Waals surface area contributed by atoms with Crippen molar-refractivity contribution in [3.05, 3.63) is 59.9 Å². The van der Waals surface area contributed by atoms with Gasteiger partial charge in [-0.15, -0.1) is 0 Å². The highest BCUT2D eigenvalue weighted by molar-refractivity contribution is 7.98. The molecule has 0 unspecified atom stereocenters. The van der Waals surface area contributed by atoms with E-state index < -0.39 is 11.9 Å². The molecule has 31 heavy (non-hydrogen) atoms. The van der Waals surface area contributed by atoms with Crippen LogP contribution in [0.1, 0.15) is 27.3 Å². The molecular weight excluding hydrogens is 416 g/mol. The number of nitrogens with one attached hydrogen (secondary N) is 4. The lowest BCUT2D eigenvalue weighted by Gasteiger charge is -2.13. The normalized spacial score (nSPS) is 15.5. The SMILES string of the molecule is CSCC[C@@H]1NC(=O)c2cc(NC(=O)c3cc(-c4ccccn4)n[nH]3)ccc2NC1=O. The number of benzene rings is 1. The molecule has 9 nitrogen and oxygen atoms in total. The Morgan fingerprint density at radius 1 is 1.16 bits per heavy atom. The Balaban J connectivity index is 1.50. The maximum absolute atomic E-state index is 12.6. The second-order valence-electron chi connectivity index (χ2n) is 6.89. The zero-order valence-electron chi connectivity index (χ0n) is 16.6. The van der Waals surface area contributed by atoms with Crippen LogP contribution in [0.15, 0.2) is 48.7 Å². The van der Waals surface area contributed by atoms with E-state index in [-0.39, 0.29) is 23.1 Å². The minimum atomic E-state index is -0.597. The van der Waals surface area contributed by atoms with Gasteiger partial charge < -0.3 is 16.0 Å². The molecule has 0 aliphatic carbocycles. The zero-order valence-corrected chi connectivity index (χ0v) is 17.5. The van der Waals surface area contributed by atoms with Crippen LogP contribution in [0.5, 0.6) is 0 Å². The molecule has 1 aliphatic heterocycles. The average Bonchev–Trinajstić information content (AvgIpc) is 3.24. The largest absolute Gasteiger partial charge is 0.340 e. The van der Waals surface area contributed by atoms with E-state index >= 15 is 0 Å². The maximum Gasteiger partial charge on any atom is 0.273 e. The number of carbonyl (C=O) groups excluding carboxylic acids is 3. The Kier molecular flexibility index (Phi) is 5.99. The van der Waals surface area contributed by atoms with Crippen LogP contribution < -0.4 is 16.0 Å². The van der Waals surface area contributed by atoms with Crippen LogP contribution in [0.4, 0.5) is 11.4 Å². The summed E-state index contributed by atoms with van der Waals surface area (Å²) in [7, 11) is 0. The summed E-state index contributed by atoms with van der Waals surface area (Å²) in [6.07, 6.45) is 4.13. The van der Waals surface area contributed by atoms with Gasteiger partial charge in [0.2, 0.25) is 5.91 Å². The van der Waals surface area contributed by atoms with Gasteiger partial charge >= 0.3 is 0 Å². The van der Waals surface area contributed by atoms with Crippen LogP contribution in [0.25, 0.3) is 11.4 Å². The number of nitrogens with zero attached hydrogens (tertiary/aromatic N) is 2. The van der Waals surface area contributed by atoms with Crippen molar-refractivity contribution in [3.63, 3.8) is 0 Å². The van der Waals surface area contributed by atoms with Gasteiger partial charge in [0.05, 0.1) is 16.9 Å².